The van der Waals surface area contributed by atoms with Gasteiger partial charge in [0.25, 0.3) is 5.91 Å². The summed E-state index contributed by atoms with van der Waals surface area (Å²) in [6.07, 6.45) is 2.72. The van der Waals surface area contributed by atoms with Crippen molar-refractivity contribution in [1.29, 1.82) is 5.26 Å². The number of anilines is 1. The van der Waals surface area contributed by atoms with Gasteiger partial charge in [0.1, 0.15) is 35.8 Å². The van der Waals surface area contributed by atoms with Crippen molar-refractivity contribution in [3.05, 3.63) is 93.7 Å². The van der Waals surface area contributed by atoms with Crippen LogP contribution in [0.4, 0.5) is 5.82 Å². The largest absolute Gasteiger partial charge is 0.489 e. The first-order chi connectivity index (χ1) is 33.1. The van der Waals surface area contributed by atoms with Crippen LogP contribution in [0.15, 0.2) is 66.3 Å². The molecule has 70 heavy (non-hydrogen) atoms. The maximum absolute atomic E-state index is 14.2. The lowest BCUT2D eigenvalue weighted by molar-refractivity contribution is -0.164. The van der Waals surface area contributed by atoms with Crippen LogP contribution >= 0.6 is 22.9 Å². The first-order valence-electron chi connectivity index (χ1n) is 24.4. The van der Waals surface area contributed by atoms with Crippen molar-refractivity contribution in [3.63, 3.8) is 0 Å². The number of amides is 4. The fourth-order valence-corrected chi connectivity index (χ4v) is 12.2. The summed E-state index contributed by atoms with van der Waals surface area (Å²) in [5.41, 5.74) is 4.43. The second-order valence-corrected chi connectivity index (χ2v) is 23.0. The van der Waals surface area contributed by atoms with E-state index in [1.165, 1.54) is 0 Å². The number of nitrogens with one attached hydrogen (secondary N) is 3. The molecule has 1 aliphatic carbocycles. The molecular weight excluding hydrogens is 924 g/mol. The van der Waals surface area contributed by atoms with Gasteiger partial charge in [0, 0.05) is 81.0 Å². The number of carbonyl (C=O) groups excluding carboxylic acids is 4. The Labute approximate surface area is 421 Å². The summed E-state index contributed by atoms with van der Waals surface area (Å²) < 4.78 is 6.39. The van der Waals surface area contributed by atoms with Crippen LogP contribution < -0.4 is 25.6 Å². The van der Waals surface area contributed by atoms with Gasteiger partial charge in [-0.25, -0.2) is 9.97 Å². The number of aromatic nitrogens is 2. The molecule has 3 saturated heterocycles. The molecule has 372 valence electrons. The molecule has 3 N–H and O–H groups in total. The van der Waals surface area contributed by atoms with Crippen molar-refractivity contribution in [3.8, 4) is 22.3 Å². The molecule has 3 atom stereocenters. The summed E-state index contributed by atoms with van der Waals surface area (Å²) in [6.45, 7) is 23.6. The van der Waals surface area contributed by atoms with E-state index in [1.807, 2.05) is 64.4 Å². The number of nitriles is 1. The van der Waals surface area contributed by atoms with Gasteiger partial charge in [-0.3, -0.25) is 29.0 Å². The van der Waals surface area contributed by atoms with Crippen LogP contribution in [0.5, 0.6) is 5.75 Å². The lowest BCUT2D eigenvalue weighted by Gasteiger charge is -2.63. The zero-order valence-electron chi connectivity index (χ0n) is 41.8. The number of aryl methyl sites for hydroxylation is 1. The molecule has 5 heterocycles. The van der Waals surface area contributed by atoms with Crippen LogP contribution in [0.2, 0.25) is 5.02 Å². The van der Waals surface area contributed by atoms with E-state index in [2.05, 4.69) is 81.5 Å². The Hall–Kier alpha value is -5.60. The maximum atomic E-state index is 14.2. The minimum absolute atomic E-state index is 0.167. The molecule has 4 amide bonds. The Morgan fingerprint density at radius 2 is 1.64 bits per heavy atom. The number of nitrogens with zero attached hydrogens (tertiary/aromatic N) is 7. The van der Waals surface area contributed by atoms with Gasteiger partial charge >= 0.3 is 0 Å². The highest BCUT2D eigenvalue weighted by Crippen LogP contribution is 2.55. The summed E-state index contributed by atoms with van der Waals surface area (Å²) >= 11 is 7.87. The monoisotopic (exact) mass is 990 g/mol. The van der Waals surface area contributed by atoms with Gasteiger partial charge < -0.3 is 30.5 Å². The molecule has 2 aromatic heterocycles. The third kappa shape index (κ3) is 10.5. The average molecular weight is 992 g/mol. The molecule has 1 saturated carbocycles. The first kappa shape index (κ1) is 50.8. The molecule has 4 fully saturated rings. The van der Waals surface area contributed by atoms with Gasteiger partial charge in [-0.1, -0.05) is 84.3 Å². The SMILES string of the molecule is Cc1ncsc1-c1ccc([C@H](C)NC(=O)[C@@H]2CCCN2C(=O)[C@@H](NC(=O)CN2CC(N3CCN(c4ccc(C(=O)NC5C(C)(C)C(Oc6ccc(C#N)c(Cl)c6)C5(C)C)cn4)CC3)C2)C(C)(C)C)cc1. The molecule has 2 aromatic carbocycles. The highest BCUT2D eigenvalue weighted by Gasteiger charge is 2.64. The van der Waals surface area contributed by atoms with Crippen LogP contribution in [0.1, 0.15) is 101 Å². The minimum Gasteiger partial charge on any atom is -0.489 e. The molecule has 3 aliphatic heterocycles. The molecule has 4 aromatic rings. The normalized spacial score (nSPS) is 22.2. The van der Waals surface area contributed by atoms with E-state index in [-0.39, 0.29) is 59.2 Å². The predicted molar refractivity (Wildman–Crippen MR) is 273 cm³/mol. The molecular formula is C53H67ClN10O5S. The van der Waals surface area contributed by atoms with E-state index in [0.717, 1.165) is 66.8 Å². The van der Waals surface area contributed by atoms with Gasteiger partial charge in [0.15, 0.2) is 0 Å². The fraction of sp³-hybridized carbons (Fsp3) is 0.528. The summed E-state index contributed by atoms with van der Waals surface area (Å²) in [5, 5.41) is 19.1. The minimum atomic E-state index is -0.784. The van der Waals surface area contributed by atoms with Crippen molar-refractivity contribution < 1.29 is 23.9 Å². The Bertz CT molecular complexity index is 2590. The number of thiazole rings is 1. The number of likely N-dealkylation sites (tertiary alicyclic amines) is 2. The molecule has 15 nitrogen and oxygen atoms in total. The number of piperazine rings is 1. The third-order valence-electron chi connectivity index (χ3n) is 14.9. The van der Waals surface area contributed by atoms with Crippen LogP contribution in [0, 0.1) is 34.5 Å². The third-order valence-corrected chi connectivity index (χ3v) is 16.2. The summed E-state index contributed by atoms with van der Waals surface area (Å²) in [5.74, 6) is 0.608. The highest BCUT2D eigenvalue weighted by atomic mass is 35.5. The van der Waals surface area contributed by atoms with E-state index >= 15 is 0 Å². The van der Waals surface area contributed by atoms with Crippen molar-refractivity contribution in [2.45, 2.75) is 111 Å². The van der Waals surface area contributed by atoms with Gasteiger partial charge in [0.2, 0.25) is 17.7 Å². The van der Waals surface area contributed by atoms with E-state index < -0.39 is 17.5 Å². The number of rotatable bonds is 14. The lowest BCUT2D eigenvalue weighted by Crippen LogP contribution is -2.74. The van der Waals surface area contributed by atoms with Gasteiger partial charge in [0.05, 0.1) is 44.8 Å². The molecule has 0 unspecified atom stereocenters. The number of benzene rings is 2. The Morgan fingerprint density at radius 3 is 2.24 bits per heavy atom. The van der Waals surface area contributed by atoms with E-state index in [4.69, 9.17) is 21.3 Å². The molecule has 0 radical (unpaired) electrons. The zero-order valence-corrected chi connectivity index (χ0v) is 43.4. The highest BCUT2D eigenvalue weighted by molar-refractivity contribution is 7.13. The lowest BCUT2D eigenvalue weighted by atomic mass is 9.49. The van der Waals surface area contributed by atoms with E-state index in [0.29, 0.717) is 47.3 Å². The second kappa shape index (κ2) is 20.3. The topological polar surface area (TPSA) is 176 Å². The molecule has 4 aliphatic rings. The molecule has 0 bridgehead atoms. The Morgan fingerprint density at radius 1 is 0.943 bits per heavy atom. The Balaban J connectivity index is 0.768. The van der Waals surface area contributed by atoms with Crippen LogP contribution in [-0.2, 0) is 14.4 Å². The standard InChI is InChI=1S/C53H67ClN10O5S/c1-32(34-12-14-35(15-13-34)44-33(2)57-31-70-44)58-47(67)41-11-10-20-64(41)48(68)45(51(3,4)5)59-43(65)30-61-28-38(29-61)62-21-23-63(24-22-62)42-19-17-37(27-56-42)46(66)60-49-52(6,7)50(53(49,8)9)69-39-18-16-36(26-55)40(54)25-39/h12-19,25,27,31-32,38,41,45,49-50H,10-11,20-24,28-30H2,1-9H3,(H,58,67)(H,59,65)(H,60,66)/t32-,41-,45+,49?,50?/m0/s1. The Kier molecular flexibility index (Phi) is 14.7. The number of halogens is 1. The molecule has 8 rings (SSSR count). The number of hydrogen-bond donors (Lipinski definition) is 3. The number of hydrogen-bond acceptors (Lipinski definition) is 12. The average Bonchev–Trinajstić information content (AvgIpc) is 3.99. The van der Waals surface area contributed by atoms with E-state index in [9.17, 15) is 24.4 Å². The molecule has 0 spiro atoms. The summed E-state index contributed by atoms with van der Waals surface area (Å²) in [7, 11) is 0. The fourth-order valence-electron chi connectivity index (χ4n) is 11.2. The smallest absolute Gasteiger partial charge is 0.253 e. The van der Waals surface area contributed by atoms with Crippen molar-refractivity contribution in [1.82, 2.24) is 40.6 Å². The quantitative estimate of drug-likeness (QED) is 0.120. The predicted octanol–water partition coefficient (Wildman–Crippen LogP) is 6.86. The van der Waals surface area contributed by atoms with Gasteiger partial charge in [-0.05, 0) is 67.5 Å². The summed E-state index contributed by atoms with van der Waals surface area (Å²) in [4.78, 5) is 73.7. The number of pyridine rings is 1. The summed E-state index contributed by atoms with van der Waals surface area (Å²) in [6, 6.07) is 17.5. The van der Waals surface area contributed by atoms with Crippen LogP contribution in [-0.4, -0.2) is 131 Å². The van der Waals surface area contributed by atoms with Crippen LogP contribution in [0.25, 0.3) is 10.4 Å². The first-order valence-corrected chi connectivity index (χ1v) is 25.7. The van der Waals surface area contributed by atoms with Gasteiger partial charge in [-0.15, -0.1) is 11.3 Å². The van der Waals surface area contributed by atoms with Crippen LogP contribution in [0.3, 0.4) is 0 Å². The zero-order chi connectivity index (χ0) is 50.3. The van der Waals surface area contributed by atoms with E-state index in [1.54, 1.807) is 40.6 Å². The number of ether oxygens (including phenoxy) is 1. The van der Waals surface area contributed by atoms with Crippen molar-refractivity contribution in [2.24, 2.45) is 16.2 Å². The van der Waals surface area contributed by atoms with Crippen molar-refractivity contribution >= 4 is 52.4 Å². The maximum Gasteiger partial charge on any atom is 0.253 e. The van der Waals surface area contributed by atoms with Crippen molar-refractivity contribution in [2.75, 3.05) is 57.3 Å². The second-order valence-electron chi connectivity index (χ2n) is 21.8. The number of carbonyl (C=O) groups is 4. The van der Waals surface area contributed by atoms with Gasteiger partial charge in [-0.2, -0.15) is 5.26 Å². The molecule has 17 heteroatoms.